The first kappa shape index (κ1) is 14.1. The van der Waals surface area contributed by atoms with E-state index in [0.29, 0.717) is 6.10 Å². The fraction of sp³-hybridized carbons (Fsp3) is 0.812. The topological polar surface area (TPSA) is 39.1 Å². The molecule has 112 valence electrons. The second kappa shape index (κ2) is 6.27. The molecule has 2 aliphatic rings. The molecule has 4 nitrogen and oxygen atoms in total. The third-order valence-electron chi connectivity index (χ3n) is 4.76. The number of hydrogen-bond donors (Lipinski definition) is 1. The third kappa shape index (κ3) is 3.41. The summed E-state index contributed by atoms with van der Waals surface area (Å²) in [6.07, 6.45) is 13.6. The van der Waals surface area contributed by atoms with Crippen molar-refractivity contribution < 1.29 is 4.74 Å². The first-order chi connectivity index (χ1) is 9.76. The van der Waals surface area contributed by atoms with Gasteiger partial charge in [0, 0.05) is 19.3 Å². The van der Waals surface area contributed by atoms with Crippen LogP contribution < -0.4 is 5.32 Å². The molecular formula is C16H27N3O. The second-order valence-corrected chi connectivity index (χ2v) is 6.51. The number of aryl methyl sites for hydroxylation is 1. The molecule has 1 N–H and O–H groups in total. The molecule has 20 heavy (non-hydrogen) atoms. The van der Waals surface area contributed by atoms with E-state index in [9.17, 15) is 0 Å². The first-order valence-electron chi connectivity index (χ1n) is 8.13. The molecule has 1 atom stereocenters. The zero-order valence-electron chi connectivity index (χ0n) is 12.6. The van der Waals surface area contributed by atoms with E-state index in [4.69, 9.17) is 4.74 Å². The maximum Gasteiger partial charge on any atom is 0.0708 e. The van der Waals surface area contributed by atoms with E-state index in [1.165, 1.54) is 50.5 Å². The van der Waals surface area contributed by atoms with Gasteiger partial charge < -0.3 is 10.1 Å². The highest BCUT2D eigenvalue weighted by Gasteiger charge is 2.40. The van der Waals surface area contributed by atoms with Gasteiger partial charge in [0.15, 0.2) is 0 Å². The molecule has 1 aliphatic heterocycles. The van der Waals surface area contributed by atoms with Crippen LogP contribution in [0.15, 0.2) is 12.4 Å². The second-order valence-electron chi connectivity index (χ2n) is 6.51. The van der Waals surface area contributed by atoms with E-state index in [-0.39, 0.29) is 5.60 Å². The predicted octanol–water partition coefficient (Wildman–Crippen LogP) is 2.66. The summed E-state index contributed by atoms with van der Waals surface area (Å²) in [6, 6.07) is 0. The van der Waals surface area contributed by atoms with Crippen molar-refractivity contribution in [2.75, 3.05) is 13.1 Å². The van der Waals surface area contributed by atoms with Crippen LogP contribution in [0.4, 0.5) is 0 Å². The van der Waals surface area contributed by atoms with Crippen LogP contribution in [0.3, 0.4) is 0 Å². The maximum absolute atomic E-state index is 6.36. The maximum atomic E-state index is 6.36. The van der Waals surface area contributed by atoms with Crippen LogP contribution in [-0.2, 0) is 11.3 Å². The lowest BCUT2D eigenvalue weighted by atomic mass is 9.83. The van der Waals surface area contributed by atoms with E-state index >= 15 is 0 Å². The molecule has 1 aromatic heterocycles. The highest BCUT2D eigenvalue weighted by atomic mass is 16.5. The Morgan fingerprint density at radius 1 is 1.35 bits per heavy atom. The minimum absolute atomic E-state index is 0.254. The highest BCUT2D eigenvalue weighted by molar-refractivity contribution is 4.99. The van der Waals surface area contributed by atoms with Gasteiger partial charge in [-0.15, -0.1) is 0 Å². The molecule has 3 rings (SSSR count). The summed E-state index contributed by atoms with van der Waals surface area (Å²) in [6.45, 7) is 4.97. The van der Waals surface area contributed by atoms with Gasteiger partial charge >= 0.3 is 0 Å². The van der Waals surface area contributed by atoms with Crippen molar-refractivity contribution in [3.8, 4) is 0 Å². The van der Waals surface area contributed by atoms with Gasteiger partial charge in [0.2, 0.25) is 0 Å². The normalized spacial score (nSPS) is 25.4. The van der Waals surface area contributed by atoms with Gasteiger partial charge in [0.05, 0.1) is 24.4 Å². The van der Waals surface area contributed by atoms with E-state index in [2.05, 4.69) is 23.5 Å². The highest BCUT2D eigenvalue weighted by Crippen LogP contribution is 2.41. The Hall–Kier alpha value is -0.870. The molecule has 1 aliphatic carbocycles. The Labute approximate surface area is 121 Å². The molecule has 1 unspecified atom stereocenters. The molecular weight excluding hydrogens is 250 g/mol. The Morgan fingerprint density at radius 2 is 2.20 bits per heavy atom. The minimum Gasteiger partial charge on any atom is -0.370 e. The lowest BCUT2D eigenvalue weighted by Crippen LogP contribution is -2.35. The van der Waals surface area contributed by atoms with Gasteiger partial charge in [-0.25, -0.2) is 0 Å². The molecule has 0 bridgehead atoms. The fourth-order valence-electron chi connectivity index (χ4n) is 3.65. The van der Waals surface area contributed by atoms with Crippen LogP contribution in [0.5, 0.6) is 0 Å². The average Bonchev–Trinajstić information content (AvgIpc) is 3.03. The number of nitrogens with zero attached hydrogens (tertiary/aromatic N) is 2. The van der Waals surface area contributed by atoms with Crippen LogP contribution in [0.1, 0.15) is 50.5 Å². The Bertz CT molecular complexity index is 423. The van der Waals surface area contributed by atoms with Crippen molar-refractivity contribution in [2.45, 2.75) is 70.1 Å². The van der Waals surface area contributed by atoms with Crippen LogP contribution in [0, 0.1) is 6.92 Å². The van der Waals surface area contributed by atoms with Crippen molar-refractivity contribution >= 4 is 0 Å². The van der Waals surface area contributed by atoms with Crippen LogP contribution in [0.25, 0.3) is 0 Å². The van der Waals surface area contributed by atoms with E-state index in [0.717, 1.165) is 19.6 Å². The fourth-order valence-corrected chi connectivity index (χ4v) is 3.65. The monoisotopic (exact) mass is 277 g/mol. The van der Waals surface area contributed by atoms with Gasteiger partial charge in [-0.1, -0.05) is 19.3 Å². The summed E-state index contributed by atoms with van der Waals surface area (Å²) in [5.74, 6) is 0. The lowest BCUT2D eigenvalue weighted by molar-refractivity contribution is -0.0623. The zero-order valence-corrected chi connectivity index (χ0v) is 12.6. The van der Waals surface area contributed by atoms with Crippen molar-refractivity contribution in [3.05, 3.63) is 18.0 Å². The molecule has 0 amide bonds. The number of rotatable bonds is 5. The molecule has 1 saturated carbocycles. The lowest BCUT2D eigenvalue weighted by Gasteiger charge is -2.33. The molecule has 0 radical (unpaired) electrons. The molecule has 1 aromatic rings. The van der Waals surface area contributed by atoms with Crippen molar-refractivity contribution in [3.63, 3.8) is 0 Å². The van der Waals surface area contributed by atoms with Gasteiger partial charge in [0.1, 0.15) is 0 Å². The minimum atomic E-state index is 0.254. The summed E-state index contributed by atoms with van der Waals surface area (Å²) in [5.41, 5.74) is 1.48. The van der Waals surface area contributed by atoms with Gasteiger partial charge in [-0.2, -0.15) is 5.10 Å². The quantitative estimate of drug-likeness (QED) is 0.841. The third-order valence-corrected chi connectivity index (χ3v) is 4.76. The average molecular weight is 277 g/mol. The zero-order chi connectivity index (χ0) is 13.8. The van der Waals surface area contributed by atoms with Gasteiger partial charge in [-0.05, 0) is 38.2 Å². The van der Waals surface area contributed by atoms with Crippen LogP contribution >= 0.6 is 0 Å². The molecule has 1 spiro atoms. The summed E-state index contributed by atoms with van der Waals surface area (Å²) in [5, 5.41) is 7.82. The molecule has 2 heterocycles. The standard InChI is InChI=1S/C16H27N3O/c1-14-11-18-19(13-14)10-9-17-12-15-5-8-16(20-15)6-3-2-4-7-16/h11,13,15,17H,2-10,12H2,1H3. The number of nitrogens with one attached hydrogen (secondary N) is 1. The van der Waals surface area contributed by atoms with Gasteiger partial charge in [0.25, 0.3) is 0 Å². The number of hydrogen-bond acceptors (Lipinski definition) is 3. The van der Waals surface area contributed by atoms with Crippen LogP contribution in [0.2, 0.25) is 0 Å². The summed E-state index contributed by atoms with van der Waals surface area (Å²) in [7, 11) is 0. The molecule has 4 heteroatoms. The number of aromatic nitrogens is 2. The van der Waals surface area contributed by atoms with Crippen molar-refractivity contribution in [2.24, 2.45) is 0 Å². The summed E-state index contributed by atoms with van der Waals surface area (Å²) < 4.78 is 8.36. The molecule has 1 saturated heterocycles. The number of ether oxygens (including phenoxy) is 1. The Morgan fingerprint density at radius 3 is 2.95 bits per heavy atom. The predicted molar refractivity (Wildman–Crippen MR) is 79.8 cm³/mol. The summed E-state index contributed by atoms with van der Waals surface area (Å²) >= 11 is 0. The Kier molecular flexibility index (Phi) is 4.41. The van der Waals surface area contributed by atoms with E-state index < -0.39 is 0 Å². The van der Waals surface area contributed by atoms with E-state index in [1.54, 1.807) is 0 Å². The molecule has 0 aromatic carbocycles. The Balaban J connectivity index is 1.35. The van der Waals surface area contributed by atoms with Crippen molar-refractivity contribution in [1.82, 2.24) is 15.1 Å². The smallest absolute Gasteiger partial charge is 0.0708 e. The largest absolute Gasteiger partial charge is 0.370 e. The first-order valence-corrected chi connectivity index (χ1v) is 8.13. The SMILES string of the molecule is Cc1cnn(CCNCC2CCC3(CCCCC3)O2)c1. The van der Waals surface area contributed by atoms with Crippen LogP contribution in [-0.4, -0.2) is 34.6 Å². The summed E-state index contributed by atoms with van der Waals surface area (Å²) in [4.78, 5) is 0. The van der Waals surface area contributed by atoms with E-state index in [1.807, 2.05) is 10.9 Å². The molecule has 2 fully saturated rings. The van der Waals surface area contributed by atoms with Crippen molar-refractivity contribution in [1.29, 1.82) is 0 Å². The van der Waals surface area contributed by atoms with Gasteiger partial charge in [-0.3, -0.25) is 4.68 Å².